The van der Waals surface area contributed by atoms with Crippen LogP contribution in [0.4, 0.5) is 13.2 Å². The summed E-state index contributed by atoms with van der Waals surface area (Å²) in [5.74, 6) is -0.459. The Kier molecular flexibility index (Phi) is 6.37. The quantitative estimate of drug-likeness (QED) is 0.468. The number of aliphatic carboxylic acids is 1. The summed E-state index contributed by atoms with van der Waals surface area (Å²) in [5.41, 5.74) is 4.58. The molecule has 0 unspecified atom stereocenters. The van der Waals surface area contributed by atoms with Crippen molar-refractivity contribution in [3.8, 4) is 28.5 Å². The second-order valence-corrected chi connectivity index (χ2v) is 8.14. The van der Waals surface area contributed by atoms with E-state index in [4.69, 9.17) is 14.6 Å². The Hall–Kier alpha value is -3.75. The first kappa shape index (κ1) is 23.4. The molecule has 0 saturated carbocycles. The van der Waals surface area contributed by atoms with Gasteiger partial charge >= 0.3 is 12.3 Å². The van der Waals surface area contributed by atoms with Crippen molar-refractivity contribution < 1.29 is 37.3 Å². The van der Waals surface area contributed by atoms with Crippen LogP contribution in [0.1, 0.15) is 34.6 Å². The van der Waals surface area contributed by atoms with Crippen molar-refractivity contribution in [3.05, 3.63) is 70.9 Å². The molecule has 1 aliphatic rings. The van der Waals surface area contributed by atoms with Crippen molar-refractivity contribution in [1.29, 1.82) is 0 Å². The minimum atomic E-state index is -4.74. The molecule has 0 amide bonds. The van der Waals surface area contributed by atoms with E-state index < -0.39 is 12.3 Å². The zero-order valence-electron chi connectivity index (χ0n) is 18.5. The summed E-state index contributed by atoms with van der Waals surface area (Å²) < 4.78 is 53.2. The molecule has 3 aromatic rings. The number of rotatable bonds is 7. The van der Waals surface area contributed by atoms with Crippen LogP contribution < -0.4 is 14.2 Å². The van der Waals surface area contributed by atoms with Crippen LogP contribution >= 0.6 is 0 Å². The molecule has 0 radical (unpaired) electrons. The number of nitrogens with zero attached hydrogens (tertiary/aromatic N) is 1. The first-order valence-corrected chi connectivity index (χ1v) is 10.5. The van der Waals surface area contributed by atoms with E-state index >= 15 is 0 Å². The highest BCUT2D eigenvalue weighted by Gasteiger charge is 2.31. The fraction of sp³-hybridized carbons (Fsp3) is 0.280. The summed E-state index contributed by atoms with van der Waals surface area (Å²) in [5, 5.41) is 9.01. The Morgan fingerprint density at radius 2 is 1.91 bits per heavy atom. The summed E-state index contributed by atoms with van der Waals surface area (Å²) in [7, 11) is 0. The summed E-state index contributed by atoms with van der Waals surface area (Å²) in [6.45, 7) is 3.98. The molecule has 0 aliphatic carbocycles. The number of aromatic nitrogens is 1. The van der Waals surface area contributed by atoms with E-state index in [9.17, 15) is 18.0 Å². The molecule has 0 bridgehead atoms. The van der Waals surface area contributed by atoms with Crippen molar-refractivity contribution in [2.24, 2.45) is 0 Å². The maximum atomic E-state index is 12.6. The second kappa shape index (κ2) is 9.24. The van der Waals surface area contributed by atoms with Gasteiger partial charge in [0.2, 0.25) is 5.88 Å². The number of carboxylic acid groups (broad SMARTS) is 1. The zero-order valence-corrected chi connectivity index (χ0v) is 18.5. The van der Waals surface area contributed by atoms with Crippen LogP contribution in [0.2, 0.25) is 0 Å². The third-order valence-electron chi connectivity index (χ3n) is 5.51. The number of benzene rings is 2. The molecule has 0 fully saturated rings. The molecule has 0 saturated heterocycles. The van der Waals surface area contributed by atoms with Gasteiger partial charge in [-0.2, -0.15) is 0 Å². The van der Waals surface area contributed by atoms with E-state index in [0.29, 0.717) is 29.4 Å². The Labute approximate surface area is 193 Å². The van der Waals surface area contributed by atoms with Gasteiger partial charge in [0.25, 0.3) is 0 Å². The minimum absolute atomic E-state index is 0.0240. The van der Waals surface area contributed by atoms with Crippen LogP contribution in [0.15, 0.2) is 48.7 Å². The van der Waals surface area contributed by atoms with E-state index in [2.05, 4.69) is 9.72 Å². The standard InChI is InChI=1S/C25H22F3NO5/c1-14-6-19(34-25(26,27)28)7-15(2)24(14)17-5-3-4-16(8-17)12-33-22-10-21-20(11-29-22)18(13-32-21)9-23(30)31/h3-8,10-11,18H,9,12-13H2,1-2H3,(H,30,31)/t18-/m1/s1. The second-order valence-electron chi connectivity index (χ2n) is 8.14. The molecule has 4 rings (SSSR count). The minimum Gasteiger partial charge on any atom is -0.492 e. The Bertz CT molecular complexity index is 1200. The maximum absolute atomic E-state index is 12.6. The predicted octanol–water partition coefficient (Wildman–Crippen LogP) is 5.79. The fourth-order valence-corrected chi connectivity index (χ4v) is 4.15. The third-order valence-corrected chi connectivity index (χ3v) is 5.51. The van der Waals surface area contributed by atoms with Crippen LogP contribution in [-0.4, -0.2) is 29.0 Å². The lowest BCUT2D eigenvalue weighted by Gasteiger charge is -2.15. The fourth-order valence-electron chi connectivity index (χ4n) is 4.15. The summed E-state index contributed by atoms with van der Waals surface area (Å²) in [6, 6.07) is 11.9. The highest BCUT2D eigenvalue weighted by Crippen LogP contribution is 2.37. The average molecular weight is 473 g/mol. The summed E-state index contributed by atoms with van der Waals surface area (Å²) >= 11 is 0. The highest BCUT2D eigenvalue weighted by molar-refractivity contribution is 5.72. The highest BCUT2D eigenvalue weighted by atomic mass is 19.4. The smallest absolute Gasteiger partial charge is 0.492 e. The van der Waals surface area contributed by atoms with Gasteiger partial charge in [0.15, 0.2) is 0 Å². The number of halogens is 3. The number of ether oxygens (including phenoxy) is 3. The number of carboxylic acids is 1. The molecule has 2 aromatic carbocycles. The lowest BCUT2D eigenvalue weighted by atomic mass is 9.94. The topological polar surface area (TPSA) is 77.9 Å². The van der Waals surface area contributed by atoms with Gasteiger partial charge in [0.1, 0.15) is 18.1 Å². The number of pyridine rings is 1. The van der Waals surface area contributed by atoms with Crippen LogP contribution in [0.25, 0.3) is 11.1 Å². The first-order chi connectivity index (χ1) is 16.1. The Morgan fingerprint density at radius 1 is 1.18 bits per heavy atom. The Balaban J connectivity index is 1.49. The van der Waals surface area contributed by atoms with Crippen molar-refractivity contribution >= 4 is 5.97 Å². The molecule has 0 spiro atoms. The van der Waals surface area contributed by atoms with Gasteiger partial charge in [-0.25, -0.2) is 4.98 Å². The number of carbonyl (C=O) groups is 1. The molecule has 34 heavy (non-hydrogen) atoms. The van der Waals surface area contributed by atoms with Crippen molar-refractivity contribution in [3.63, 3.8) is 0 Å². The normalized spacial score (nSPS) is 14.9. The zero-order chi connectivity index (χ0) is 24.5. The molecule has 1 atom stereocenters. The maximum Gasteiger partial charge on any atom is 0.573 e. The van der Waals surface area contributed by atoms with Crippen LogP contribution in [0.5, 0.6) is 17.4 Å². The molecule has 2 heterocycles. The SMILES string of the molecule is Cc1cc(OC(F)(F)F)cc(C)c1-c1cccc(COc2cc3c(cn2)[C@H](CC(=O)O)CO3)c1. The van der Waals surface area contributed by atoms with Gasteiger partial charge in [0.05, 0.1) is 13.0 Å². The lowest BCUT2D eigenvalue weighted by molar-refractivity contribution is -0.274. The molecule has 178 valence electrons. The molecule has 1 aliphatic heterocycles. The van der Waals surface area contributed by atoms with Crippen molar-refractivity contribution in [1.82, 2.24) is 4.98 Å². The van der Waals surface area contributed by atoms with Crippen LogP contribution in [0.3, 0.4) is 0 Å². The molecule has 1 N–H and O–H groups in total. The molecule has 1 aromatic heterocycles. The predicted molar refractivity (Wildman–Crippen MR) is 117 cm³/mol. The Morgan fingerprint density at radius 3 is 2.59 bits per heavy atom. The average Bonchev–Trinajstić information content (AvgIpc) is 3.12. The van der Waals surface area contributed by atoms with Crippen molar-refractivity contribution in [2.75, 3.05) is 6.61 Å². The molecular formula is C25H22F3NO5. The van der Waals surface area contributed by atoms with Crippen molar-refractivity contribution in [2.45, 2.75) is 39.2 Å². The van der Waals surface area contributed by atoms with Crippen LogP contribution in [0, 0.1) is 13.8 Å². The number of hydrogen-bond donors (Lipinski definition) is 1. The van der Waals surface area contributed by atoms with Crippen LogP contribution in [-0.2, 0) is 11.4 Å². The monoisotopic (exact) mass is 473 g/mol. The van der Waals surface area contributed by atoms with E-state index in [-0.39, 0.29) is 24.7 Å². The lowest BCUT2D eigenvalue weighted by Crippen LogP contribution is -2.17. The molecule has 9 heteroatoms. The summed E-state index contributed by atoms with van der Waals surface area (Å²) in [6.07, 6.45) is -3.19. The van der Waals surface area contributed by atoms with Gasteiger partial charge in [-0.3, -0.25) is 4.79 Å². The summed E-state index contributed by atoms with van der Waals surface area (Å²) in [4.78, 5) is 15.3. The number of alkyl halides is 3. The van der Waals surface area contributed by atoms with E-state index in [1.807, 2.05) is 24.3 Å². The first-order valence-electron chi connectivity index (χ1n) is 10.5. The van der Waals surface area contributed by atoms with Gasteiger partial charge in [-0.15, -0.1) is 13.2 Å². The largest absolute Gasteiger partial charge is 0.573 e. The number of fused-ring (bicyclic) bond motifs is 1. The van der Waals surface area contributed by atoms with Gasteiger partial charge in [-0.1, -0.05) is 18.2 Å². The number of hydrogen-bond acceptors (Lipinski definition) is 5. The number of aryl methyl sites for hydroxylation is 2. The van der Waals surface area contributed by atoms with E-state index in [0.717, 1.165) is 22.3 Å². The van der Waals surface area contributed by atoms with Gasteiger partial charge < -0.3 is 19.3 Å². The third kappa shape index (κ3) is 5.41. The van der Waals surface area contributed by atoms with E-state index in [1.165, 1.54) is 12.1 Å². The van der Waals surface area contributed by atoms with Gasteiger partial charge in [0, 0.05) is 23.7 Å². The molecular weight excluding hydrogens is 451 g/mol. The van der Waals surface area contributed by atoms with Gasteiger partial charge in [-0.05, 0) is 59.9 Å². The molecule has 6 nitrogen and oxygen atoms in total. The van der Waals surface area contributed by atoms with E-state index in [1.54, 1.807) is 26.1 Å².